The molecule has 134 valence electrons. The molecule has 2 heterocycles. The fourth-order valence-electron chi connectivity index (χ4n) is 2.73. The quantitative estimate of drug-likeness (QED) is 0.576. The highest BCUT2D eigenvalue weighted by Crippen LogP contribution is 2.23. The molecule has 0 atom stereocenters. The van der Waals surface area contributed by atoms with Crippen molar-refractivity contribution in [1.82, 2.24) is 19.3 Å². The van der Waals surface area contributed by atoms with Crippen molar-refractivity contribution in [2.75, 3.05) is 14.2 Å². The fourth-order valence-corrected chi connectivity index (χ4v) is 3.33. The van der Waals surface area contributed by atoms with Gasteiger partial charge in [-0.15, -0.1) is 0 Å². The maximum atomic E-state index is 11.8. The number of nitrogens with zero attached hydrogens (tertiary/aromatic N) is 3. The summed E-state index contributed by atoms with van der Waals surface area (Å²) in [4.78, 5) is 8.40. The Kier molecular flexibility index (Phi) is 3.89. The highest BCUT2D eigenvalue weighted by atomic mass is 32.2. The smallest absolute Gasteiger partial charge is 0.331 e. The predicted octanol–water partition coefficient (Wildman–Crippen LogP) is 2.14. The molecule has 2 aromatic carbocycles. The second kappa shape index (κ2) is 6.11. The second-order valence-electron chi connectivity index (χ2n) is 5.72. The van der Waals surface area contributed by atoms with Gasteiger partial charge in [0.05, 0.1) is 24.5 Å². The first-order valence-corrected chi connectivity index (χ1v) is 9.30. The van der Waals surface area contributed by atoms with E-state index in [1.165, 1.54) is 7.05 Å². The second-order valence-corrected chi connectivity index (χ2v) is 7.48. The Hall–Kier alpha value is -2.91. The molecule has 0 saturated heterocycles. The number of aromatic nitrogens is 3. The molecule has 0 fully saturated rings. The molecule has 9 heteroatoms. The maximum absolute atomic E-state index is 11.8. The van der Waals surface area contributed by atoms with Gasteiger partial charge in [0.25, 0.3) is 10.0 Å². The summed E-state index contributed by atoms with van der Waals surface area (Å²) in [5.74, 6) is 0.756. The molecule has 1 N–H and O–H groups in total. The van der Waals surface area contributed by atoms with E-state index in [4.69, 9.17) is 9.15 Å². The summed E-state index contributed by atoms with van der Waals surface area (Å²) in [5.41, 5.74) is 3.65. The van der Waals surface area contributed by atoms with Crippen molar-refractivity contribution in [2.45, 2.75) is 11.8 Å². The topological polar surface area (TPSA) is 99.2 Å². The van der Waals surface area contributed by atoms with Crippen molar-refractivity contribution in [3.8, 4) is 5.75 Å². The van der Waals surface area contributed by atoms with E-state index in [9.17, 15) is 8.42 Å². The summed E-state index contributed by atoms with van der Waals surface area (Å²) >= 11 is 0. The maximum Gasteiger partial charge on any atom is 0.331 e. The van der Waals surface area contributed by atoms with Crippen LogP contribution in [-0.2, 0) is 16.6 Å². The zero-order valence-electron chi connectivity index (χ0n) is 14.1. The van der Waals surface area contributed by atoms with Gasteiger partial charge in [0.2, 0.25) is 0 Å². The van der Waals surface area contributed by atoms with Crippen LogP contribution in [0.25, 0.3) is 22.1 Å². The first-order valence-electron chi connectivity index (χ1n) is 7.82. The van der Waals surface area contributed by atoms with E-state index >= 15 is 0 Å². The molecule has 26 heavy (non-hydrogen) atoms. The monoisotopic (exact) mass is 372 g/mol. The van der Waals surface area contributed by atoms with Crippen molar-refractivity contribution in [3.05, 3.63) is 48.3 Å². The number of methoxy groups -OCH3 is 1. The molecule has 0 saturated carbocycles. The van der Waals surface area contributed by atoms with E-state index in [0.29, 0.717) is 17.6 Å². The van der Waals surface area contributed by atoms with Crippen molar-refractivity contribution in [3.63, 3.8) is 0 Å². The molecule has 0 radical (unpaired) electrons. The highest BCUT2D eigenvalue weighted by molar-refractivity contribution is 7.89. The molecule has 4 rings (SSSR count). The zero-order chi connectivity index (χ0) is 18.3. The average Bonchev–Trinajstić information content (AvgIpc) is 3.25. The number of oxazole rings is 1. The van der Waals surface area contributed by atoms with E-state index in [1.807, 2.05) is 28.8 Å². The predicted molar refractivity (Wildman–Crippen MR) is 95.6 cm³/mol. The number of hydrogen-bond acceptors (Lipinski definition) is 6. The average molecular weight is 372 g/mol. The molecule has 0 spiro atoms. The van der Waals surface area contributed by atoms with E-state index in [2.05, 4.69) is 14.7 Å². The van der Waals surface area contributed by atoms with Crippen molar-refractivity contribution in [1.29, 1.82) is 0 Å². The van der Waals surface area contributed by atoms with Gasteiger partial charge in [0.15, 0.2) is 5.58 Å². The van der Waals surface area contributed by atoms with E-state index < -0.39 is 10.0 Å². The highest BCUT2D eigenvalue weighted by Gasteiger charge is 2.19. The van der Waals surface area contributed by atoms with Crippen LogP contribution in [0, 0.1) is 0 Å². The minimum Gasteiger partial charge on any atom is -0.497 e. The van der Waals surface area contributed by atoms with Crippen molar-refractivity contribution < 1.29 is 17.6 Å². The van der Waals surface area contributed by atoms with Crippen molar-refractivity contribution >= 4 is 32.2 Å². The minimum absolute atomic E-state index is 0.343. The number of ether oxygens (including phenoxy) is 1. The van der Waals surface area contributed by atoms with Gasteiger partial charge < -0.3 is 13.7 Å². The lowest BCUT2D eigenvalue weighted by Gasteiger charge is -2.05. The van der Waals surface area contributed by atoms with Gasteiger partial charge in [0, 0.05) is 12.6 Å². The van der Waals surface area contributed by atoms with Crippen LogP contribution in [0.1, 0.15) is 5.56 Å². The molecular formula is C17H16N4O4S. The lowest BCUT2D eigenvalue weighted by Crippen LogP contribution is -2.18. The normalized spacial score (nSPS) is 12.1. The first-order chi connectivity index (χ1) is 12.5. The van der Waals surface area contributed by atoms with Gasteiger partial charge in [-0.2, -0.15) is 4.98 Å². The summed E-state index contributed by atoms with van der Waals surface area (Å²) in [6, 6.07) is 11.1. The standard InChI is InChI=1S/C17H16N4O4S/c1-18-26(22,23)17-20-14-5-3-11(7-16(14)25-17)9-21-10-19-13-6-4-12(24-2)8-15(13)21/h3-8,10,18H,9H2,1-2H3. The third-order valence-corrected chi connectivity index (χ3v) is 5.28. The van der Waals surface area contributed by atoms with Gasteiger partial charge in [-0.1, -0.05) is 6.07 Å². The number of benzene rings is 2. The molecule has 4 aromatic rings. The van der Waals surface area contributed by atoms with Gasteiger partial charge in [-0.25, -0.2) is 18.1 Å². The van der Waals surface area contributed by atoms with E-state index in [0.717, 1.165) is 22.3 Å². The number of imidazole rings is 1. The molecule has 0 aliphatic heterocycles. The third-order valence-electron chi connectivity index (χ3n) is 4.11. The Morgan fingerprint density at radius 3 is 2.77 bits per heavy atom. The number of sulfonamides is 1. The van der Waals surface area contributed by atoms with Crippen LogP contribution in [0.5, 0.6) is 5.75 Å². The van der Waals surface area contributed by atoms with Crippen molar-refractivity contribution in [2.24, 2.45) is 0 Å². The van der Waals surface area contributed by atoms with Crippen LogP contribution in [0.3, 0.4) is 0 Å². The number of nitrogens with one attached hydrogen (secondary N) is 1. The van der Waals surface area contributed by atoms with Crippen LogP contribution in [0.2, 0.25) is 0 Å². The van der Waals surface area contributed by atoms with Crippen LogP contribution in [0.4, 0.5) is 0 Å². The molecule has 2 aromatic heterocycles. The van der Waals surface area contributed by atoms with Crippen LogP contribution >= 0.6 is 0 Å². The summed E-state index contributed by atoms with van der Waals surface area (Å²) in [6.07, 6.45) is 1.76. The molecular weight excluding hydrogens is 356 g/mol. The van der Waals surface area contributed by atoms with E-state index in [1.54, 1.807) is 25.6 Å². The summed E-state index contributed by atoms with van der Waals surface area (Å²) < 4.78 is 38.5. The summed E-state index contributed by atoms with van der Waals surface area (Å²) in [7, 11) is -0.781. The Labute approximate surface area is 149 Å². The molecule has 0 unspecified atom stereocenters. The lowest BCUT2D eigenvalue weighted by atomic mass is 10.2. The lowest BCUT2D eigenvalue weighted by molar-refractivity contribution is 0.415. The molecule has 0 aliphatic carbocycles. The molecule has 0 amide bonds. The fraction of sp³-hybridized carbons (Fsp3) is 0.176. The number of rotatable bonds is 5. The largest absolute Gasteiger partial charge is 0.497 e. The molecule has 0 aliphatic rings. The van der Waals surface area contributed by atoms with E-state index in [-0.39, 0.29) is 5.22 Å². The molecule has 0 bridgehead atoms. The zero-order valence-corrected chi connectivity index (χ0v) is 14.9. The Balaban J connectivity index is 1.71. The van der Waals surface area contributed by atoms with Gasteiger partial charge in [0.1, 0.15) is 11.3 Å². The third kappa shape index (κ3) is 2.80. The SMILES string of the molecule is CNS(=O)(=O)c1nc2ccc(Cn3cnc4ccc(OC)cc43)cc2o1. The van der Waals surface area contributed by atoms with Crippen LogP contribution < -0.4 is 9.46 Å². The molecule has 8 nitrogen and oxygen atoms in total. The van der Waals surface area contributed by atoms with Gasteiger partial charge in [-0.05, 0) is 36.9 Å². The summed E-state index contributed by atoms with van der Waals surface area (Å²) in [6.45, 7) is 0.550. The van der Waals surface area contributed by atoms with Gasteiger partial charge >= 0.3 is 5.22 Å². The minimum atomic E-state index is -3.72. The number of fused-ring (bicyclic) bond motifs is 2. The van der Waals surface area contributed by atoms with Crippen LogP contribution in [0.15, 0.2) is 52.4 Å². The number of hydrogen-bond donors (Lipinski definition) is 1. The Morgan fingerprint density at radius 2 is 2.00 bits per heavy atom. The summed E-state index contributed by atoms with van der Waals surface area (Å²) in [5, 5.41) is -0.343. The van der Waals surface area contributed by atoms with Crippen LogP contribution in [-0.4, -0.2) is 37.1 Å². The first kappa shape index (κ1) is 16.6. The van der Waals surface area contributed by atoms with Gasteiger partial charge in [-0.3, -0.25) is 0 Å². The Morgan fingerprint density at radius 1 is 1.19 bits per heavy atom. The Bertz CT molecular complexity index is 1210.